The van der Waals surface area contributed by atoms with Crippen molar-refractivity contribution in [2.24, 2.45) is 0 Å². The van der Waals surface area contributed by atoms with Gasteiger partial charge in [0.2, 0.25) is 0 Å². The Morgan fingerprint density at radius 2 is 2.17 bits per heavy atom. The molecule has 1 aromatic carbocycles. The molecule has 2 rings (SSSR count). The molecule has 0 radical (unpaired) electrons. The minimum Gasteiger partial charge on any atom is -0.383 e. The summed E-state index contributed by atoms with van der Waals surface area (Å²) >= 11 is 2.92. The zero-order valence-electron chi connectivity index (χ0n) is 9.65. The average molecular weight is 323 g/mol. The molecule has 1 fully saturated rings. The molecule has 2 nitrogen and oxygen atoms in total. The predicted molar refractivity (Wildman–Crippen MR) is 68.7 cm³/mol. The quantitative estimate of drug-likeness (QED) is 0.888. The number of alkyl halides is 3. The van der Waals surface area contributed by atoms with Gasteiger partial charge in [0.15, 0.2) is 0 Å². The van der Waals surface area contributed by atoms with Gasteiger partial charge in [-0.25, -0.2) is 0 Å². The SMILES string of the molecule is FC(F)(F)c1cc(NCC2CCCN2)ccc1Br. The Hall–Kier alpha value is -0.750. The molecule has 18 heavy (non-hydrogen) atoms. The van der Waals surface area contributed by atoms with E-state index in [0.717, 1.165) is 25.5 Å². The van der Waals surface area contributed by atoms with Crippen molar-refractivity contribution in [2.45, 2.75) is 25.1 Å². The van der Waals surface area contributed by atoms with E-state index in [1.165, 1.54) is 6.07 Å². The Morgan fingerprint density at radius 3 is 2.78 bits per heavy atom. The van der Waals surface area contributed by atoms with Crippen molar-refractivity contribution in [3.8, 4) is 0 Å². The second-order valence-electron chi connectivity index (χ2n) is 4.37. The fourth-order valence-electron chi connectivity index (χ4n) is 2.02. The van der Waals surface area contributed by atoms with Crippen LogP contribution in [0.25, 0.3) is 0 Å². The molecular formula is C12H14BrF3N2. The maximum absolute atomic E-state index is 12.7. The summed E-state index contributed by atoms with van der Waals surface area (Å²) in [6.45, 7) is 1.64. The third-order valence-electron chi connectivity index (χ3n) is 2.99. The lowest BCUT2D eigenvalue weighted by molar-refractivity contribution is -0.138. The third-order valence-corrected chi connectivity index (χ3v) is 3.68. The highest BCUT2D eigenvalue weighted by Gasteiger charge is 2.33. The molecule has 0 aromatic heterocycles. The molecule has 0 bridgehead atoms. The van der Waals surface area contributed by atoms with Crippen LogP contribution in [-0.2, 0) is 6.18 Å². The molecule has 1 aliphatic heterocycles. The molecule has 0 amide bonds. The average Bonchev–Trinajstić information content (AvgIpc) is 2.79. The zero-order chi connectivity index (χ0) is 13.2. The van der Waals surface area contributed by atoms with Crippen LogP contribution in [0.5, 0.6) is 0 Å². The minimum absolute atomic E-state index is 0.0690. The summed E-state index contributed by atoms with van der Waals surface area (Å²) in [5.41, 5.74) is -0.147. The van der Waals surface area contributed by atoms with Crippen molar-refractivity contribution in [3.63, 3.8) is 0 Å². The number of benzene rings is 1. The lowest BCUT2D eigenvalue weighted by Crippen LogP contribution is -2.29. The molecule has 100 valence electrons. The van der Waals surface area contributed by atoms with Gasteiger partial charge in [-0.05, 0) is 37.6 Å². The largest absolute Gasteiger partial charge is 0.417 e. The highest BCUT2D eigenvalue weighted by atomic mass is 79.9. The molecule has 1 aromatic rings. The summed E-state index contributed by atoms with van der Waals surface area (Å²) in [5.74, 6) is 0. The van der Waals surface area contributed by atoms with E-state index in [1.807, 2.05) is 0 Å². The number of halogens is 4. The van der Waals surface area contributed by atoms with Gasteiger partial charge in [-0.15, -0.1) is 0 Å². The van der Waals surface area contributed by atoms with Crippen molar-refractivity contribution >= 4 is 21.6 Å². The zero-order valence-corrected chi connectivity index (χ0v) is 11.2. The van der Waals surface area contributed by atoms with E-state index in [0.29, 0.717) is 18.3 Å². The third kappa shape index (κ3) is 3.38. The van der Waals surface area contributed by atoms with Gasteiger partial charge in [-0.2, -0.15) is 13.2 Å². The first-order valence-corrected chi connectivity index (χ1v) is 6.60. The van der Waals surface area contributed by atoms with Crippen LogP contribution in [-0.4, -0.2) is 19.1 Å². The summed E-state index contributed by atoms with van der Waals surface area (Å²) in [6.07, 6.45) is -2.14. The fraction of sp³-hybridized carbons (Fsp3) is 0.500. The minimum atomic E-state index is -4.33. The number of hydrogen-bond donors (Lipinski definition) is 2. The smallest absolute Gasteiger partial charge is 0.383 e. The second kappa shape index (κ2) is 5.48. The summed E-state index contributed by atoms with van der Waals surface area (Å²) < 4.78 is 38.2. The van der Waals surface area contributed by atoms with Crippen LogP contribution >= 0.6 is 15.9 Å². The van der Waals surface area contributed by atoms with Crippen molar-refractivity contribution in [3.05, 3.63) is 28.2 Å². The summed E-state index contributed by atoms with van der Waals surface area (Å²) in [4.78, 5) is 0. The maximum Gasteiger partial charge on any atom is 0.417 e. The molecule has 2 N–H and O–H groups in total. The maximum atomic E-state index is 12.7. The number of nitrogens with one attached hydrogen (secondary N) is 2. The Bertz CT molecular complexity index is 414. The number of rotatable bonds is 3. The van der Waals surface area contributed by atoms with Crippen molar-refractivity contribution < 1.29 is 13.2 Å². The van der Waals surface area contributed by atoms with Gasteiger partial charge in [0.25, 0.3) is 0 Å². The molecule has 6 heteroatoms. The van der Waals surface area contributed by atoms with Gasteiger partial charge in [-0.1, -0.05) is 15.9 Å². The van der Waals surface area contributed by atoms with E-state index in [-0.39, 0.29) is 4.47 Å². The first kappa shape index (κ1) is 13.7. The Morgan fingerprint density at radius 1 is 1.39 bits per heavy atom. The van der Waals surface area contributed by atoms with Crippen LogP contribution in [0.3, 0.4) is 0 Å². The van der Waals surface area contributed by atoms with E-state index in [1.54, 1.807) is 6.07 Å². The normalized spacial score (nSPS) is 20.1. The lowest BCUT2D eigenvalue weighted by Gasteiger charge is -2.15. The highest BCUT2D eigenvalue weighted by molar-refractivity contribution is 9.10. The van der Waals surface area contributed by atoms with Gasteiger partial charge in [0.1, 0.15) is 0 Å². The van der Waals surface area contributed by atoms with E-state index >= 15 is 0 Å². The topological polar surface area (TPSA) is 24.1 Å². The van der Waals surface area contributed by atoms with E-state index < -0.39 is 11.7 Å². The summed E-state index contributed by atoms with van der Waals surface area (Å²) in [5, 5.41) is 6.33. The molecule has 0 spiro atoms. The molecule has 1 aliphatic rings. The van der Waals surface area contributed by atoms with E-state index in [9.17, 15) is 13.2 Å². The van der Waals surface area contributed by atoms with Gasteiger partial charge in [-0.3, -0.25) is 0 Å². The highest BCUT2D eigenvalue weighted by Crippen LogP contribution is 2.36. The summed E-state index contributed by atoms with van der Waals surface area (Å²) in [6, 6.07) is 4.56. The van der Waals surface area contributed by atoms with Crippen molar-refractivity contribution in [2.75, 3.05) is 18.4 Å². The molecule has 1 saturated heterocycles. The van der Waals surface area contributed by atoms with Gasteiger partial charge < -0.3 is 10.6 Å². The van der Waals surface area contributed by atoms with Crippen LogP contribution in [0.15, 0.2) is 22.7 Å². The first-order valence-electron chi connectivity index (χ1n) is 5.81. The van der Waals surface area contributed by atoms with E-state index in [2.05, 4.69) is 26.6 Å². The van der Waals surface area contributed by atoms with Crippen LogP contribution in [0.4, 0.5) is 18.9 Å². The van der Waals surface area contributed by atoms with E-state index in [4.69, 9.17) is 0 Å². The standard InChI is InChI=1S/C12H14BrF3N2/c13-11-4-3-8(6-10(11)12(14,15)16)18-7-9-2-1-5-17-9/h3-4,6,9,17-18H,1-2,5,7H2. The Kier molecular flexibility index (Phi) is 4.17. The van der Waals surface area contributed by atoms with Crippen LogP contribution in [0.2, 0.25) is 0 Å². The molecule has 1 atom stereocenters. The molecule has 1 unspecified atom stereocenters. The second-order valence-corrected chi connectivity index (χ2v) is 5.22. The molecule has 0 aliphatic carbocycles. The molecular weight excluding hydrogens is 309 g/mol. The number of hydrogen-bond acceptors (Lipinski definition) is 2. The molecule has 1 heterocycles. The van der Waals surface area contributed by atoms with Crippen LogP contribution in [0, 0.1) is 0 Å². The van der Waals surface area contributed by atoms with Gasteiger partial charge in [0.05, 0.1) is 5.56 Å². The van der Waals surface area contributed by atoms with Crippen molar-refractivity contribution in [1.29, 1.82) is 0 Å². The fourth-order valence-corrected chi connectivity index (χ4v) is 2.50. The first-order chi connectivity index (χ1) is 8.47. The molecule has 0 saturated carbocycles. The van der Waals surface area contributed by atoms with Gasteiger partial charge >= 0.3 is 6.18 Å². The van der Waals surface area contributed by atoms with Crippen molar-refractivity contribution in [1.82, 2.24) is 5.32 Å². The van der Waals surface area contributed by atoms with Crippen LogP contribution < -0.4 is 10.6 Å². The number of anilines is 1. The Labute approximate surface area is 112 Å². The Balaban J connectivity index is 2.04. The van der Waals surface area contributed by atoms with Gasteiger partial charge in [0, 0.05) is 22.7 Å². The van der Waals surface area contributed by atoms with Crippen LogP contribution in [0.1, 0.15) is 18.4 Å². The predicted octanol–water partition coefficient (Wildman–Crippen LogP) is 3.63. The summed E-state index contributed by atoms with van der Waals surface area (Å²) in [7, 11) is 0. The lowest BCUT2D eigenvalue weighted by atomic mass is 10.2. The monoisotopic (exact) mass is 322 g/mol.